The first-order valence-electron chi connectivity index (χ1n) is 11.2. The molecule has 1 saturated heterocycles. The molecule has 1 aliphatic carbocycles. The molecule has 2 aromatic carbocycles. The molecule has 6 nitrogen and oxygen atoms in total. The van der Waals surface area contributed by atoms with E-state index in [2.05, 4.69) is 33.7 Å². The van der Waals surface area contributed by atoms with Crippen molar-refractivity contribution in [3.8, 4) is 11.1 Å². The standard InChI is InChI=1S/C24H31N5O/c25-21-14-18(28-10-8-19(30)9-11-28)13-20(24(21)26)16-6-7-23-22(12-16)27-15-29(23)17-4-2-1-3-5-17/h6-7,12-15,17,19,30H,1-5,8-11,25-26H2. The average molecular weight is 406 g/mol. The van der Waals surface area contributed by atoms with Crippen LogP contribution in [-0.4, -0.2) is 33.9 Å². The van der Waals surface area contributed by atoms with Crippen molar-refractivity contribution in [2.45, 2.75) is 57.1 Å². The first kappa shape index (κ1) is 19.2. The van der Waals surface area contributed by atoms with E-state index in [-0.39, 0.29) is 6.10 Å². The van der Waals surface area contributed by atoms with Gasteiger partial charge in [0.25, 0.3) is 0 Å². The molecule has 3 aromatic rings. The molecule has 0 amide bonds. The molecule has 6 heteroatoms. The Bertz CT molecular complexity index is 1050. The Kier molecular flexibility index (Phi) is 5.03. The minimum atomic E-state index is -0.200. The fourth-order valence-corrected chi connectivity index (χ4v) is 5.05. The number of aliphatic hydroxyl groups excluding tert-OH is 1. The number of benzene rings is 2. The van der Waals surface area contributed by atoms with Gasteiger partial charge in [0.2, 0.25) is 0 Å². The summed E-state index contributed by atoms with van der Waals surface area (Å²) in [4.78, 5) is 6.99. The van der Waals surface area contributed by atoms with Crippen LogP contribution in [-0.2, 0) is 0 Å². The number of anilines is 3. The third kappa shape index (κ3) is 3.49. The SMILES string of the molecule is Nc1cc(N2CCC(O)CC2)cc(-c2ccc3c(c2)ncn3C2CCCCC2)c1N. The summed E-state index contributed by atoms with van der Waals surface area (Å²) < 4.78 is 2.35. The van der Waals surface area contributed by atoms with Crippen LogP contribution in [0.5, 0.6) is 0 Å². The largest absolute Gasteiger partial charge is 0.397 e. The molecule has 0 unspecified atom stereocenters. The summed E-state index contributed by atoms with van der Waals surface area (Å²) in [6, 6.07) is 11.1. The summed E-state index contributed by atoms with van der Waals surface area (Å²) in [5, 5.41) is 9.82. The van der Waals surface area contributed by atoms with Crippen LogP contribution in [0.25, 0.3) is 22.2 Å². The molecule has 5 N–H and O–H groups in total. The molecule has 1 aromatic heterocycles. The van der Waals surface area contributed by atoms with E-state index in [0.29, 0.717) is 17.4 Å². The van der Waals surface area contributed by atoms with E-state index in [0.717, 1.165) is 48.3 Å². The number of nitrogen functional groups attached to an aromatic ring is 2. The highest BCUT2D eigenvalue weighted by Gasteiger charge is 2.20. The van der Waals surface area contributed by atoms with Gasteiger partial charge in [0.15, 0.2) is 0 Å². The van der Waals surface area contributed by atoms with Crippen molar-refractivity contribution < 1.29 is 5.11 Å². The van der Waals surface area contributed by atoms with Gasteiger partial charge in [0, 0.05) is 30.4 Å². The van der Waals surface area contributed by atoms with Crippen LogP contribution in [0.1, 0.15) is 51.0 Å². The monoisotopic (exact) mass is 405 g/mol. The molecule has 2 heterocycles. The van der Waals surface area contributed by atoms with Crippen LogP contribution in [0.15, 0.2) is 36.7 Å². The van der Waals surface area contributed by atoms with E-state index in [1.807, 2.05) is 12.4 Å². The minimum Gasteiger partial charge on any atom is -0.397 e. The number of nitrogens with zero attached hydrogens (tertiary/aromatic N) is 3. The topological polar surface area (TPSA) is 93.3 Å². The summed E-state index contributed by atoms with van der Waals surface area (Å²) in [6.07, 6.45) is 9.80. The molecule has 1 aliphatic heterocycles. The maximum absolute atomic E-state index is 9.82. The van der Waals surface area contributed by atoms with Crippen molar-refractivity contribution in [2.24, 2.45) is 0 Å². The molecule has 0 radical (unpaired) electrons. The molecule has 0 bridgehead atoms. The van der Waals surface area contributed by atoms with Gasteiger partial charge in [-0.15, -0.1) is 0 Å². The smallest absolute Gasteiger partial charge is 0.0960 e. The summed E-state index contributed by atoms with van der Waals surface area (Å²) in [5.41, 5.74) is 19.1. The van der Waals surface area contributed by atoms with E-state index in [4.69, 9.17) is 16.5 Å². The van der Waals surface area contributed by atoms with Crippen molar-refractivity contribution in [3.63, 3.8) is 0 Å². The lowest BCUT2D eigenvalue weighted by atomic mass is 9.95. The molecular weight excluding hydrogens is 374 g/mol. The molecule has 5 rings (SSSR count). The summed E-state index contributed by atoms with van der Waals surface area (Å²) in [7, 11) is 0. The normalized spacial score (nSPS) is 18.9. The molecular formula is C24H31N5O. The van der Waals surface area contributed by atoms with Gasteiger partial charge in [-0.05, 0) is 55.5 Å². The van der Waals surface area contributed by atoms with Crippen LogP contribution in [0, 0.1) is 0 Å². The van der Waals surface area contributed by atoms with Gasteiger partial charge in [-0.1, -0.05) is 25.3 Å². The maximum Gasteiger partial charge on any atom is 0.0960 e. The summed E-state index contributed by atoms with van der Waals surface area (Å²) in [5.74, 6) is 0. The zero-order chi connectivity index (χ0) is 20.7. The van der Waals surface area contributed by atoms with Gasteiger partial charge >= 0.3 is 0 Å². The van der Waals surface area contributed by atoms with Crippen molar-refractivity contribution >= 4 is 28.1 Å². The third-order valence-corrected chi connectivity index (χ3v) is 6.88. The van der Waals surface area contributed by atoms with Gasteiger partial charge in [0.05, 0.1) is 34.8 Å². The van der Waals surface area contributed by atoms with Gasteiger partial charge in [-0.2, -0.15) is 0 Å². The Morgan fingerprint density at radius 3 is 2.47 bits per heavy atom. The molecule has 2 fully saturated rings. The number of nitrogens with two attached hydrogens (primary N) is 2. The number of hydrogen-bond acceptors (Lipinski definition) is 5. The lowest BCUT2D eigenvalue weighted by molar-refractivity contribution is 0.145. The van der Waals surface area contributed by atoms with Gasteiger partial charge in [-0.25, -0.2) is 4.98 Å². The zero-order valence-electron chi connectivity index (χ0n) is 17.4. The number of aliphatic hydroxyl groups is 1. The second-order valence-corrected chi connectivity index (χ2v) is 8.86. The Hall–Kier alpha value is -2.73. The molecule has 0 atom stereocenters. The quantitative estimate of drug-likeness (QED) is 0.564. The molecule has 0 spiro atoms. The number of piperidine rings is 1. The van der Waals surface area contributed by atoms with E-state index in [9.17, 15) is 5.11 Å². The van der Waals surface area contributed by atoms with E-state index < -0.39 is 0 Å². The predicted molar refractivity (Wildman–Crippen MR) is 124 cm³/mol. The molecule has 2 aliphatic rings. The Labute approximate surface area is 177 Å². The van der Waals surface area contributed by atoms with Crippen LogP contribution in [0.2, 0.25) is 0 Å². The van der Waals surface area contributed by atoms with Crippen molar-refractivity contribution in [3.05, 3.63) is 36.7 Å². The van der Waals surface area contributed by atoms with E-state index in [1.54, 1.807) is 0 Å². The second kappa shape index (κ2) is 7.84. The van der Waals surface area contributed by atoms with Crippen molar-refractivity contribution in [1.82, 2.24) is 9.55 Å². The zero-order valence-corrected chi connectivity index (χ0v) is 17.4. The van der Waals surface area contributed by atoms with Crippen molar-refractivity contribution in [2.75, 3.05) is 29.5 Å². The van der Waals surface area contributed by atoms with E-state index >= 15 is 0 Å². The van der Waals surface area contributed by atoms with Gasteiger partial charge in [-0.3, -0.25) is 0 Å². The fourth-order valence-electron chi connectivity index (χ4n) is 5.05. The minimum absolute atomic E-state index is 0.200. The van der Waals surface area contributed by atoms with Gasteiger partial charge < -0.3 is 26.0 Å². The van der Waals surface area contributed by atoms with Crippen LogP contribution in [0.4, 0.5) is 17.1 Å². The number of aromatic nitrogens is 2. The highest BCUT2D eigenvalue weighted by molar-refractivity contribution is 5.91. The number of rotatable bonds is 3. The lowest BCUT2D eigenvalue weighted by Gasteiger charge is -2.32. The highest BCUT2D eigenvalue weighted by atomic mass is 16.3. The van der Waals surface area contributed by atoms with Crippen LogP contribution >= 0.6 is 0 Å². The number of imidazole rings is 1. The second-order valence-electron chi connectivity index (χ2n) is 8.86. The highest BCUT2D eigenvalue weighted by Crippen LogP contribution is 2.38. The maximum atomic E-state index is 9.82. The summed E-state index contributed by atoms with van der Waals surface area (Å²) >= 11 is 0. The molecule has 158 valence electrons. The number of fused-ring (bicyclic) bond motifs is 1. The Balaban J connectivity index is 1.50. The predicted octanol–water partition coefficient (Wildman–Crippen LogP) is 4.33. The van der Waals surface area contributed by atoms with Crippen molar-refractivity contribution in [1.29, 1.82) is 0 Å². The van der Waals surface area contributed by atoms with E-state index in [1.165, 1.54) is 37.6 Å². The Morgan fingerprint density at radius 2 is 1.70 bits per heavy atom. The van der Waals surface area contributed by atoms with Gasteiger partial charge in [0.1, 0.15) is 0 Å². The lowest BCUT2D eigenvalue weighted by Crippen LogP contribution is -2.35. The first-order chi connectivity index (χ1) is 14.6. The average Bonchev–Trinajstić information content (AvgIpc) is 3.20. The number of hydrogen-bond donors (Lipinski definition) is 3. The molecule has 30 heavy (non-hydrogen) atoms. The van der Waals surface area contributed by atoms with Crippen LogP contribution < -0.4 is 16.4 Å². The third-order valence-electron chi connectivity index (χ3n) is 6.88. The van der Waals surface area contributed by atoms with Crippen LogP contribution in [0.3, 0.4) is 0 Å². The molecule has 1 saturated carbocycles. The first-order valence-corrected chi connectivity index (χ1v) is 11.2. The fraction of sp³-hybridized carbons (Fsp3) is 0.458. The summed E-state index contributed by atoms with van der Waals surface area (Å²) in [6.45, 7) is 1.66. The Morgan fingerprint density at radius 1 is 0.933 bits per heavy atom.